The average molecular weight is 440 g/mol. The minimum Gasteiger partial charge on any atom is -0.495 e. The number of hydrogen-bond acceptors (Lipinski definition) is 7. The minimum atomic E-state index is -3.98. The van der Waals surface area contributed by atoms with Crippen LogP contribution < -0.4 is 23.2 Å². The number of benzene rings is 2. The maximum atomic E-state index is 12.9. The van der Waals surface area contributed by atoms with Gasteiger partial charge in [0.25, 0.3) is 10.0 Å². The first-order valence-corrected chi connectivity index (χ1v) is 12.0. The molecule has 2 aliphatic heterocycles. The van der Waals surface area contributed by atoms with Gasteiger partial charge >= 0.3 is 0 Å². The Hall–Kier alpha value is -2.66. The van der Waals surface area contributed by atoms with Gasteiger partial charge in [0.05, 0.1) is 29.1 Å². The van der Waals surface area contributed by atoms with E-state index >= 15 is 0 Å². The van der Waals surface area contributed by atoms with Crippen LogP contribution >= 0.6 is 0 Å². The van der Waals surface area contributed by atoms with Crippen LogP contribution in [0.25, 0.3) is 0 Å². The molecule has 1 saturated heterocycles. The number of anilines is 2. The Morgan fingerprint density at radius 3 is 2.52 bits per heavy atom. The van der Waals surface area contributed by atoms with Crippen LogP contribution in [0.5, 0.6) is 17.2 Å². The molecule has 29 heavy (non-hydrogen) atoms. The molecular weight excluding hydrogens is 420 g/mol. The molecule has 0 amide bonds. The maximum Gasteiger partial charge on any atom is 0.262 e. The lowest BCUT2D eigenvalue weighted by Gasteiger charge is -2.20. The summed E-state index contributed by atoms with van der Waals surface area (Å²) in [6, 6.07) is 8.91. The quantitative estimate of drug-likeness (QED) is 0.755. The van der Waals surface area contributed by atoms with Gasteiger partial charge < -0.3 is 14.2 Å². The van der Waals surface area contributed by atoms with Crippen LogP contribution in [0.3, 0.4) is 0 Å². The topological polar surface area (TPSA) is 111 Å². The van der Waals surface area contributed by atoms with Crippen molar-refractivity contribution in [3.63, 3.8) is 0 Å². The van der Waals surface area contributed by atoms with Crippen molar-refractivity contribution in [2.45, 2.75) is 11.3 Å². The molecule has 156 valence electrons. The molecule has 0 aliphatic carbocycles. The second kappa shape index (κ2) is 7.30. The van der Waals surface area contributed by atoms with Gasteiger partial charge in [0.15, 0.2) is 11.5 Å². The van der Waals surface area contributed by atoms with Crippen LogP contribution in [-0.2, 0) is 20.0 Å². The van der Waals surface area contributed by atoms with E-state index in [0.29, 0.717) is 43.4 Å². The van der Waals surface area contributed by atoms with E-state index < -0.39 is 20.0 Å². The molecule has 2 aromatic carbocycles. The molecule has 0 spiro atoms. The Labute approximate surface area is 169 Å². The van der Waals surface area contributed by atoms with Crippen molar-refractivity contribution in [2.24, 2.45) is 0 Å². The van der Waals surface area contributed by atoms with Crippen LogP contribution in [-0.4, -0.2) is 49.5 Å². The van der Waals surface area contributed by atoms with Gasteiger partial charge in [0, 0.05) is 12.6 Å². The van der Waals surface area contributed by atoms with Gasteiger partial charge in [-0.25, -0.2) is 16.8 Å². The van der Waals surface area contributed by atoms with Gasteiger partial charge in [-0.15, -0.1) is 0 Å². The molecule has 0 radical (unpaired) electrons. The summed E-state index contributed by atoms with van der Waals surface area (Å²) in [4.78, 5) is -0.0111. The largest absolute Gasteiger partial charge is 0.495 e. The third kappa shape index (κ3) is 3.79. The van der Waals surface area contributed by atoms with E-state index in [1.54, 1.807) is 6.07 Å². The summed E-state index contributed by atoms with van der Waals surface area (Å²) in [6.07, 6.45) is 0.520. The van der Waals surface area contributed by atoms with Crippen molar-refractivity contribution in [3.05, 3.63) is 36.4 Å². The van der Waals surface area contributed by atoms with Gasteiger partial charge in [0.2, 0.25) is 10.0 Å². The minimum absolute atomic E-state index is 0.0111. The third-order valence-corrected chi connectivity index (χ3v) is 7.87. The maximum absolute atomic E-state index is 12.9. The number of sulfonamides is 2. The van der Waals surface area contributed by atoms with Crippen molar-refractivity contribution in [1.29, 1.82) is 0 Å². The molecule has 0 atom stereocenters. The Morgan fingerprint density at radius 2 is 1.83 bits per heavy atom. The number of rotatable bonds is 5. The Morgan fingerprint density at radius 1 is 1.07 bits per heavy atom. The molecule has 0 saturated carbocycles. The molecule has 2 heterocycles. The highest BCUT2D eigenvalue weighted by Crippen LogP contribution is 2.36. The van der Waals surface area contributed by atoms with E-state index in [1.807, 2.05) is 0 Å². The van der Waals surface area contributed by atoms with Gasteiger partial charge in [-0.05, 0) is 36.8 Å². The van der Waals surface area contributed by atoms with Crippen molar-refractivity contribution >= 4 is 31.4 Å². The molecule has 0 aromatic heterocycles. The monoisotopic (exact) mass is 440 g/mol. The van der Waals surface area contributed by atoms with E-state index in [9.17, 15) is 16.8 Å². The first-order chi connectivity index (χ1) is 13.8. The van der Waals surface area contributed by atoms with Crippen molar-refractivity contribution in [1.82, 2.24) is 0 Å². The molecule has 2 aliphatic rings. The normalized spacial score (nSPS) is 17.8. The summed E-state index contributed by atoms with van der Waals surface area (Å²) >= 11 is 0. The molecule has 9 nitrogen and oxygen atoms in total. The van der Waals surface area contributed by atoms with Crippen LogP contribution in [0.15, 0.2) is 41.3 Å². The SMILES string of the molecule is COc1ccc(N2CCCS2(=O)=O)cc1NS(=O)(=O)c1ccc2c(c1)OCCO2. The summed E-state index contributed by atoms with van der Waals surface area (Å²) in [7, 11) is -5.97. The van der Waals surface area contributed by atoms with Gasteiger partial charge in [-0.3, -0.25) is 9.03 Å². The number of fused-ring (bicyclic) bond motifs is 1. The highest BCUT2D eigenvalue weighted by molar-refractivity contribution is 7.93. The lowest BCUT2D eigenvalue weighted by molar-refractivity contribution is 0.171. The van der Waals surface area contributed by atoms with E-state index in [2.05, 4.69) is 4.72 Å². The highest BCUT2D eigenvalue weighted by atomic mass is 32.2. The zero-order valence-electron chi connectivity index (χ0n) is 15.6. The number of ether oxygens (including phenoxy) is 3. The fourth-order valence-corrected chi connectivity index (χ4v) is 5.89. The summed E-state index contributed by atoms with van der Waals surface area (Å²) in [6.45, 7) is 1.09. The average Bonchev–Trinajstić information content (AvgIpc) is 3.06. The first kappa shape index (κ1) is 19.6. The highest BCUT2D eigenvalue weighted by Gasteiger charge is 2.29. The summed E-state index contributed by atoms with van der Waals surface area (Å²) in [5.74, 6) is 1.17. The molecule has 11 heteroatoms. The zero-order valence-corrected chi connectivity index (χ0v) is 17.3. The molecule has 2 aromatic rings. The summed E-state index contributed by atoms with van der Waals surface area (Å²) < 4.78 is 70.1. The van der Waals surface area contributed by atoms with Crippen LogP contribution in [0.2, 0.25) is 0 Å². The van der Waals surface area contributed by atoms with E-state index in [0.717, 1.165) is 0 Å². The number of methoxy groups -OCH3 is 1. The molecule has 0 unspecified atom stereocenters. The van der Waals surface area contributed by atoms with E-state index in [4.69, 9.17) is 14.2 Å². The Balaban J connectivity index is 1.68. The molecule has 1 fully saturated rings. The number of nitrogens with zero attached hydrogens (tertiary/aromatic N) is 1. The second-order valence-electron chi connectivity index (χ2n) is 6.54. The fourth-order valence-electron chi connectivity index (χ4n) is 3.25. The van der Waals surface area contributed by atoms with Crippen LogP contribution in [0, 0.1) is 0 Å². The summed E-state index contributed by atoms with van der Waals surface area (Å²) in [5, 5.41) is 0. The molecule has 1 N–H and O–H groups in total. The van der Waals surface area contributed by atoms with E-state index in [-0.39, 0.29) is 22.1 Å². The predicted octanol–water partition coefficient (Wildman–Crippen LogP) is 1.81. The molecule has 0 bridgehead atoms. The fraction of sp³-hybridized carbons (Fsp3) is 0.333. The van der Waals surface area contributed by atoms with Crippen LogP contribution in [0.1, 0.15) is 6.42 Å². The van der Waals surface area contributed by atoms with Crippen molar-refractivity contribution < 1.29 is 31.0 Å². The van der Waals surface area contributed by atoms with Gasteiger partial charge in [0.1, 0.15) is 19.0 Å². The number of hydrogen-bond donors (Lipinski definition) is 1. The zero-order chi connectivity index (χ0) is 20.6. The van der Waals surface area contributed by atoms with Gasteiger partial charge in [-0.1, -0.05) is 0 Å². The summed E-state index contributed by atoms with van der Waals surface area (Å²) in [5.41, 5.74) is 0.519. The molecule has 4 rings (SSSR count). The Kier molecular flexibility index (Phi) is 4.95. The van der Waals surface area contributed by atoms with E-state index in [1.165, 1.54) is 41.7 Å². The van der Waals surface area contributed by atoms with Crippen molar-refractivity contribution in [2.75, 3.05) is 41.6 Å². The smallest absolute Gasteiger partial charge is 0.262 e. The lowest BCUT2D eigenvalue weighted by Crippen LogP contribution is -2.25. The van der Waals surface area contributed by atoms with Gasteiger partial charge in [-0.2, -0.15) is 0 Å². The third-order valence-electron chi connectivity index (χ3n) is 4.64. The van der Waals surface area contributed by atoms with Crippen LogP contribution in [0.4, 0.5) is 11.4 Å². The lowest BCUT2D eigenvalue weighted by atomic mass is 10.2. The predicted molar refractivity (Wildman–Crippen MR) is 107 cm³/mol. The number of nitrogens with one attached hydrogen (secondary N) is 1. The van der Waals surface area contributed by atoms with Crippen molar-refractivity contribution in [3.8, 4) is 17.2 Å². The standard InChI is InChI=1S/C18H20N2O7S2/c1-25-16-5-3-13(20-7-2-10-28(20,21)22)11-15(16)19-29(23,24)14-4-6-17-18(12-14)27-9-8-26-17/h3-6,11-12,19H,2,7-10H2,1H3. The second-order valence-corrected chi connectivity index (χ2v) is 10.2. The first-order valence-electron chi connectivity index (χ1n) is 8.91. The molecular formula is C18H20N2O7S2. The Bertz CT molecular complexity index is 1150.